The monoisotopic (exact) mass is 380 g/mol. The van der Waals surface area contributed by atoms with E-state index in [0.717, 1.165) is 9.13 Å². The van der Waals surface area contributed by atoms with Crippen LogP contribution in [0.5, 0.6) is 5.75 Å². The third kappa shape index (κ3) is 2.48. The van der Waals surface area contributed by atoms with Crippen LogP contribution in [0.15, 0.2) is 35.1 Å². The van der Waals surface area contributed by atoms with Crippen LogP contribution in [0.2, 0.25) is 0 Å². The van der Waals surface area contributed by atoms with E-state index < -0.39 is 0 Å². The Morgan fingerprint density at radius 2 is 1.90 bits per heavy atom. The van der Waals surface area contributed by atoms with Crippen molar-refractivity contribution in [3.8, 4) is 28.9 Å². The van der Waals surface area contributed by atoms with E-state index in [2.05, 4.69) is 42.7 Å². The lowest BCUT2D eigenvalue weighted by molar-refractivity contribution is 0.425. The second kappa shape index (κ2) is 5.16. The van der Waals surface area contributed by atoms with Gasteiger partial charge in [0.2, 0.25) is 11.6 Å². The first-order chi connectivity index (χ1) is 9.63. The molecule has 20 heavy (non-hydrogen) atoms. The van der Waals surface area contributed by atoms with Crippen molar-refractivity contribution in [3.63, 3.8) is 0 Å². The lowest BCUT2D eigenvalue weighted by Gasteiger charge is -1.99. The number of rotatable bonds is 2. The van der Waals surface area contributed by atoms with Gasteiger partial charge in [0.05, 0.1) is 5.56 Å². The van der Waals surface area contributed by atoms with Gasteiger partial charge in [0.15, 0.2) is 0 Å². The molecule has 0 aliphatic rings. The molecule has 0 aliphatic heterocycles. The summed E-state index contributed by atoms with van der Waals surface area (Å²) in [6.07, 6.45) is 3.36. The van der Waals surface area contributed by atoms with Crippen molar-refractivity contribution >= 4 is 22.6 Å². The minimum Gasteiger partial charge on any atom is -0.507 e. The average Bonchev–Trinajstić information content (AvgIpc) is 2.92. The van der Waals surface area contributed by atoms with Crippen LogP contribution >= 0.6 is 22.6 Å². The van der Waals surface area contributed by atoms with Crippen LogP contribution in [0.1, 0.15) is 5.56 Å². The lowest BCUT2D eigenvalue weighted by Crippen LogP contribution is -1.90. The third-order valence-electron chi connectivity index (χ3n) is 2.60. The number of phenols is 1. The SMILES string of the molecule is Cc1cnc(-c2noc(-c3cc(I)ccc3O)n2)nc1. The molecule has 0 radical (unpaired) electrons. The van der Waals surface area contributed by atoms with Gasteiger partial charge in [-0.1, -0.05) is 5.16 Å². The Labute approximate surface area is 128 Å². The first-order valence-electron chi connectivity index (χ1n) is 5.75. The molecule has 0 saturated carbocycles. The summed E-state index contributed by atoms with van der Waals surface area (Å²) in [5.74, 6) is 1.000. The van der Waals surface area contributed by atoms with Crippen molar-refractivity contribution in [2.24, 2.45) is 0 Å². The van der Waals surface area contributed by atoms with E-state index in [-0.39, 0.29) is 11.6 Å². The van der Waals surface area contributed by atoms with Crippen molar-refractivity contribution in [2.45, 2.75) is 6.92 Å². The number of aromatic nitrogens is 4. The predicted molar refractivity (Wildman–Crippen MR) is 79.9 cm³/mol. The van der Waals surface area contributed by atoms with Gasteiger partial charge in [-0.2, -0.15) is 4.98 Å². The highest BCUT2D eigenvalue weighted by Crippen LogP contribution is 2.30. The van der Waals surface area contributed by atoms with Gasteiger partial charge in [-0.25, -0.2) is 9.97 Å². The zero-order valence-electron chi connectivity index (χ0n) is 10.4. The molecule has 2 aromatic heterocycles. The van der Waals surface area contributed by atoms with E-state index in [1.54, 1.807) is 30.6 Å². The first kappa shape index (κ1) is 13.0. The summed E-state index contributed by atoms with van der Waals surface area (Å²) in [5, 5.41) is 13.7. The summed E-state index contributed by atoms with van der Waals surface area (Å²) in [7, 11) is 0. The molecule has 2 heterocycles. The second-order valence-corrected chi connectivity index (χ2v) is 5.41. The van der Waals surface area contributed by atoms with Crippen molar-refractivity contribution in [2.75, 3.05) is 0 Å². The number of hydrogen-bond acceptors (Lipinski definition) is 6. The van der Waals surface area contributed by atoms with Gasteiger partial charge in [-0.3, -0.25) is 0 Å². The molecular weight excluding hydrogens is 371 g/mol. The molecule has 0 amide bonds. The molecule has 1 N–H and O–H groups in total. The standard InChI is InChI=1S/C13H9IN4O2/c1-7-5-15-11(16-6-7)12-17-13(20-18-12)9-4-8(14)2-3-10(9)19/h2-6,19H,1H3. The van der Waals surface area contributed by atoms with Crippen LogP contribution in [0, 0.1) is 10.5 Å². The lowest BCUT2D eigenvalue weighted by atomic mass is 10.2. The number of hydrogen-bond donors (Lipinski definition) is 1. The molecule has 0 atom stereocenters. The second-order valence-electron chi connectivity index (χ2n) is 4.17. The summed E-state index contributed by atoms with van der Waals surface area (Å²) in [5.41, 5.74) is 1.44. The Bertz CT molecular complexity index is 755. The average molecular weight is 380 g/mol. The Morgan fingerprint density at radius 1 is 1.15 bits per heavy atom. The molecule has 6 nitrogen and oxygen atoms in total. The minimum absolute atomic E-state index is 0.0884. The highest BCUT2D eigenvalue weighted by atomic mass is 127. The van der Waals surface area contributed by atoms with Gasteiger partial charge >= 0.3 is 0 Å². The summed E-state index contributed by atoms with van der Waals surface area (Å²) in [6, 6.07) is 5.15. The molecule has 0 spiro atoms. The van der Waals surface area contributed by atoms with Crippen LogP contribution in [0.3, 0.4) is 0 Å². The Kier molecular flexibility index (Phi) is 3.35. The van der Waals surface area contributed by atoms with Crippen molar-refractivity contribution in [1.82, 2.24) is 20.1 Å². The van der Waals surface area contributed by atoms with E-state index in [9.17, 15) is 5.11 Å². The van der Waals surface area contributed by atoms with Crippen LogP contribution in [-0.4, -0.2) is 25.2 Å². The third-order valence-corrected chi connectivity index (χ3v) is 3.27. The largest absolute Gasteiger partial charge is 0.507 e. The summed E-state index contributed by atoms with van der Waals surface area (Å²) < 4.78 is 6.13. The van der Waals surface area contributed by atoms with Crippen LogP contribution in [-0.2, 0) is 0 Å². The van der Waals surface area contributed by atoms with E-state index in [1.807, 2.05) is 6.92 Å². The molecule has 0 bridgehead atoms. The summed E-state index contributed by atoms with van der Waals surface area (Å²) in [4.78, 5) is 12.5. The first-order valence-corrected chi connectivity index (χ1v) is 6.83. The molecule has 3 aromatic rings. The van der Waals surface area contributed by atoms with Gasteiger partial charge < -0.3 is 9.63 Å². The number of halogens is 1. The number of nitrogens with zero attached hydrogens (tertiary/aromatic N) is 4. The molecule has 0 saturated heterocycles. The smallest absolute Gasteiger partial charge is 0.262 e. The zero-order chi connectivity index (χ0) is 14.1. The summed E-state index contributed by atoms with van der Waals surface area (Å²) in [6.45, 7) is 1.90. The Balaban J connectivity index is 2.01. The number of aryl methyl sites for hydroxylation is 1. The Hall–Kier alpha value is -2.03. The van der Waals surface area contributed by atoms with Gasteiger partial charge in [-0.15, -0.1) is 0 Å². The Morgan fingerprint density at radius 3 is 2.65 bits per heavy atom. The minimum atomic E-state index is 0.0884. The quantitative estimate of drug-likeness (QED) is 0.689. The topological polar surface area (TPSA) is 84.9 Å². The fourth-order valence-corrected chi connectivity index (χ4v) is 2.10. The van der Waals surface area contributed by atoms with Crippen molar-refractivity contribution < 1.29 is 9.63 Å². The highest BCUT2D eigenvalue weighted by molar-refractivity contribution is 14.1. The van der Waals surface area contributed by atoms with Crippen molar-refractivity contribution in [1.29, 1.82) is 0 Å². The summed E-state index contributed by atoms with van der Waals surface area (Å²) >= 11 is 2.15. The predicted octanol–water partition coefficient (Wildman–Crippen LogP) is 2.81. The van der Waals surface area contributed by atoms with Gasteiger partial charge in [0, 0.05) is 16.0 Å². The fourth-order valence-electron chi connectivity index (χ4n) is 1.61. The van der Waals surface area contributed by atoms with Gasteiger partial charge in [0.1, 0.15) is 5.75 Å². The van der Waals surface area contributed by atoms with E-state index >= 15 is 0 Å². The number of phenolic OH excluding ortho intramolecular Hbond substituents is 1. The van der Waals surface area contributed by atoms with E-state index in [0.29, 0.717) is 17.2 Å². The normalized spacial score (nSPS) is 10.7. The maximum atomic E-state index is 9.84. The zero-order valence-corrected chi connectivity index (χ0v) is 12.6. The molecule has 3 rings (SSSR count). The molecular formula is C13H9IN4O2. The van der Waals surface area contributed by atoms with Gasteiger partial charge in [-0.05, 0) is 53.3 Å². The molecule has 1 aromatic carbocycles. The van der Waals surface area contributed by atoms with Crippen LogP contribution < -0.4 is 0 Å². The van der Waals surface area contributed by atoms with E-state index in [1.165, 1.54) is 0 Å². The number of aromatic hydroxyl groups is 1. The molecule has 100 valence electrons. The van der Waals surface area contributed by atoms with Crippen LogP contribution in [0.4, 0.5) is 0 Å². The molecule has 7 heteroatoms. The van der Waals surface area contributed by atoms with E-state index in [4.69, 9.17) is 4.52 Å². The number of benzene rings is 1. The van der Waals surface area contributed by atoms with Gasteiger partial charge in [0.25, 0.3) is 5.89 Å². The maximum absolute atomic E-state index is 9.84. The maximum Gasteiger partial charge on any atom is 0.262 e. The molecule has 0 aliphatic carbocycles. The highest BCUT2D eigenvalue weighted by Gasteiger charge is 2.15. The fraction of sp³-hybridized carbons (Fsp3) is 0.0769. The molecule has 0 fully saturated rings. The van der Waals surface area contributed by atoms with Crippen molar-refractivity contribution in [3.05, 3.63) is 39.7 Å². The van der Waals surface area contributed by atoms with Crippen LogP contribution in [0.25, 0.3) is 23.1 Å². The molecule has 0 unspecified atom stereocenters.